The van der Waals surface area contributed by atoms with Crippen LogP contribution in [0.15, 0.2) is 23.2 Å². The van der Waals surface area contributed by atoms with E-state index in [1.165, 1.54) is 18.3 Å². The van der Waals surface area contributed by atoms with Crippen molar-refractivity contribution in [3.63, 3.8) is 0 Å². The SMILES string of the molecule is Cc1cc(S(N)(=O)=O)ccn1. The van der Waals surface area contributed by atoms with Crippen LogP contribution in [-0.4, -0.2) is 13.4 Å². The molecule has 0 spiro atoms. The van der Waals surface area contributed by atoms with Gasteiger partial charge in [-0.2, -0.15) is 0 Å². The molecule has 0 aliphatic rings. The van der Waals surface area contributed by atoms with Crippen molar-refractivity contribution in [2.45, 2.75) is 11.8 Å². The summed E-state index contributed by atoms with van der Waals surface area (Å²) >= 11 is 0. The highest BCUT2D eigenvalue weighted by Crippen LogP contribution is 2.05. The molecule has 0 aliphatic heterocycles. The van der Waals surface area contributed by atoms with Crippen LogP contribution in [0, 0.1) is 6.92 Å². The third-order valence-corrected chi connectivity index (χ3v) is 2.11. The average Bonchev–Trinajstić information content (AvgIpc) is 1.86. The first-order valence-electron chi connectivity index (χ1n) is 2.95. The third kappa shape index (κ3) is 1.99. The molecule has 0 bridgehead atoms. The van der Waals surface area contributed by atoms with Gasteiger partial charge in [0.15, 0.2) is 0 Å². The Kier molecular flexibility index (Phi) is 1.92. The highest BCUT2D eigenvalue weighted by molar-refractivity contribution is 7.89. The molecule has 1 aromatic heterocycles. The van der Waals surface area contributed by atoms with E-state index in [1.54, 1.807) is 6.92 Å². The summed E-state index contributed by atoms with van der Waals surface area (Å²) in [4.78, 5) is 3.94. The first-order chi connectivity index (χ1) is 5.00. The number of primary sulfonamides is 1. The van der Waals surface area contributed by atoms with Crippen molar-refractivity contribution in [2.75, 3.05) is 0 Å². The van der Waals surface area contributed by atoms with Crippen molar-refractivity contribution in [1.82, 2.24) is 4.98 Å². The molecule has 2 N–H and O–H groups in total. The number of hydrogen-bond donors (Lipinski definition) is 1. The Balaban J connectivity index is 3.28. The second kappa shape index (κ2) is 2.60. The maximum atomic E-state index is 10.7. The Morgan fingerprint density at radius 3 is 2.55 bits per heavy atom. The summed E-state index contributed by atoms with van der Waals surface area (Å²) in [5, 5.41) is 4.87. The van der Waals surface area contributed by atoms with Gasteiger partial charge in [0.25, 0.3) is 0 Å². The fraction of sp³-hybridized carbons (Fsp3) is 0.167. The number of nitrogens with two attached hydrogens (primary N) is 1. The van der Waals surface area contributed by atoms with Crippen molar-refractivity contribution in [2.24, 2.45) is 5.14 Å². The Bertz CT molecular complexity index is 359. The van der Waals surface area contributed by atoms with Crippen LogP contribution < -0.4 is 5.14 Å². The summed E-state index contributed by atoms with van der Waals surface area (Å²) in [6, 6.07) is 2.79. The minimum atomic E-state index is -3.57. The first-order valence-corrected chi connectivity index (χ1v) is 4.50. The predicted octanol–water partition coefficient (Wildman–Crippen LogP) is 0.0374. The number of sulfonamides is 1. The Morgan fingerprint density at radius 2 is 2.18 bits per heavy atom. The van der Waals surface area contributed by atoms with E-state index in [4.69, 9.17) is 5.14 Å². The highest BCUT2D eigenvalue weighted by atomic mass is 32.2. The third-order valence-electron chi connectivity index (χ3n) is 1.20. The van der Waals surface area contributed by atoms with Gasteiger partial charge in [0.05, 0.1) is 4.90 Å². The van der Waals surface area contributed by atoms with Crippen LogP contribution in [0.5, 0.6) is 0 Å². The zero-order chi connectivity index (χ0) is 8.48. The second-order valence-corrected chi connectivity index (χ2v) is 3.74. The number of rotatable bonds is 1. The van der Waals surface area contributed by atoms with Crippen molar-refractivity contribution in [3.8, 4) is 0 Å². The lowest BCUT2D eigenvalue weighted by atomic mass is 10.4. The van der Waals surface area contributed by atoms with Gasteiger partial charge in [-0.3, -0.25) is 4.98 Å². The van der Waals surface area contributed by atoms with E-state index in [-0.39, 0.29) is 4.90 Å². The fourth-order valence-corrected chi connectivity index (χ4v) is 1.28. The summed E-state index contributed by atoms with van der Waals surface area (Å²) in [6.07, 6.45) is 1.41. The van der Waals surface area contributed by atoms with E-state index in [0.717, 1.165) is 0 Å². The van der Waals surface area contributed by atoms with Gasteiger partial charge in [0.2, 0.25) is 10.0 Å². The van der Waals surface area contributed by atoms with E-state index in [2.05, 4.69) is 4.98 Å². The van der Waals surface area contributed by atoms with E-state index < -0.39 is 10.0 Å². The Hall–Kier alpha value is -0.940. The molecule has 1 heterocycles. The molecular weight excluding hydrogens is 164 g/mol. The van der Waals surface area contributed by atoms with Crippen LogP contribution in [0.25, 0.3) is 0 Å². The molecule has 0 saturated carbocycles. The number of hydrogen-bond acceptors (Lipinski definition) is 3. The predicted molar refractivity (Wildman–Crippen MR) is 40.3 cm³/mol. The zero-order valence-electron chi connectivity index (χ0n) is 5.98. The van der Waals surface area contributed by atoms with Gasteiger partial charge in [0.1, 0.15) is 0 Å². The van der Waals surface area contributed by atoms with Crippen LogP contribution in [0.4, 0.5) is 0 Å². The average molecular weight is 172 g/mol. The molecule has 0 saturated heterocycles. The molecule has 0 unspecified atom stereocenters. The lowest BCUT2D eigenvalue weighted by molar-refractivity contribution is 0.597. The summed E-state index contributed by atoms with van der Waals surface area (Å²) in [6.45, 7) is 1.70. The van der Waals surface area contributed by atoms with E-state index in [1.807, 2.05) is 0 Å². The zero-order valence-corrected chi connectivity index (χ0v) is 6.80. The normalized spacial score (nSPS) is 11.5. The van der Waals surface area contributed by atoms with Crippen molar-refractivity contribution in [1.29, 1.82) is 0 Å². The van der Waals surface area contributed by atoms with Crippen molar-refractivity contribution >= 4 is 10.0 Å². The summed E-state index contributed by atoms with van der Waals surface area (Å²) in [7, 11) is -3.57. The standard InChI is InChI=1S/C6H8N2O2S/c1-5-4-6(2-3-8-5)11(7,9)10/h2-4H,1H3,(H2,7,9,10). The van der Waals surface area contributed by atoms with Crippen LogP contribution in [0.1, 0.15) is 5.69 Å². The first kappa shape index (κ1) is 8.16. The van der Waals surface area contributed by atoms with Gasteiger partial charge in [-0.05, 0) is 19.1 Å². The maximum absolute atomic E-state index is 10.7. The number of nitrogens with zero attached hydrogens (tertiary/aromatic N) is 1. The van der Waals surface area contributed by atoms with Crippen LogP contribution in [0.3, 0.4) is 0 Å². The number of pyridine rings is 1. The number of aryl methyl sites for hydroxylation is 1. The Labute approximate surface area is 65.1 Å². The molecule has 0 aromatic carbocycles. The molecule has 0 radical (unpaired) electrons. The molecule has 0 amide bonds. The topological polar surface area (TPSA) is 73.1 Å². The molecule has 0 atom stereocenters. The van der Waals surface area contributed by atoms with Crippen LogP contribution >= 0.6 is 0 Å². The lowest BCUT2D eigenvalue weighted by Crippen LogP contribution is -2.12. The number of aromatic nitrogens is 1. The van der Waals surface area contributed by atoms with Gasteiger partial charge in [-0.25, -0.2) is 13.6 Å². The molecule has 1 aromatic rings. The molecule has 4 nitrogen and oxygen atoms in total. The van der Waals surface area contributed by atoms with Crippen molar-refractivity contribution in [3.05, 3.63) is 24.0 Å². The highest BCUT2D eigenvalue weighted by Gasteiger charge is 2.06. The van der Waals surface area contributed by atoms with E-state index in [0.29, 0.717) is 5.69 Å². The quantitative estimate of drug-likeness (QED) is 0.649. The van der Waals surface area contributed by atoms with Crippen LogP contribution in [-0.2, 0) is 10.0 Å². The smallest absolute Gasteiger partial charge is 0.238 e. The van der Waals surface area contributed by atoms with E-state index >= 15 is 0 Å². The summed E-state index contributed by atoms with van der Waals surface area (Å²) < 4.78 is 21.5. The Morgan fingerprint density at radius 1 is 1.55 bits per heavy atom. The van der Waals surface area contributed by atoms with Crippen LogP contribution in [0.2, 0.25) is 0 Å². The largest absolute Gasteiger partial charge is 0.262 e. The van der Waals surface area contributed by atoms with Gasteiger partial charge in [0, 0.05) is 11.9 Å². The minimum absolute atomic E-state index is 0.102. The summed E-state index contributed by atoms with van der Waals surface area (Å²) in [5.74, 6) is 0. The van der Waals surface area contributed by atoms with Gasteiger partial charge >= 0.3 is 0 Å². The monoisotopic (exact) mass is 172 g/mol. The minimum Gasteiger partial charge on any atom is -0.262 e. The molecule has 11 heavy (non-hydrogen) atoms. The molecule has 0 fully saturated rings. The van der Waals surface area contributed by atoms with Crippen molar-refractivity contribution < 1.29 is 8.42 Å². The van der Waals surface area contributed by atoms with Gasteiger partial charge in [-0.1, -0.05) is 0 Å². The molecular formula is C6H8N2O2S. The maximum Gasteiger partial charge on any atom is 0.238 e. The molecule has 60 valence electrons. The van der Waals surface area contributed by atoms with E-state index in [9.17, 15) is 8.42 Å². The summed E-state index contributed by atoms with van der Waals surface area (Å²) in [5.41, 5.74) is 0.636. The molecule has 5 heteroatoms. The van der Waals surface area contributed by atoms with Gasteiger partial charge in [-0.15, -0.1) is 0 Å². The lowest BCUT2D eigenvalue weighted by Gasteiger charge is -1.96. The molecule has 1 rings (SSSR count). The second-order valence-electron chi connectivity index (χ2n) is 2.18. The fourth-order valence-electron chi connectivity index (χ4n) is 0.697. The van der Waals surface area contributed by atoms with Gasteiger partial charge < -0.3 is 0 Å². The molecule has 0 aliphatic carbocycles.